The molecule has 0 fully saturated rings. The molecule has 0 aliphatic rings. The molecule has 0 aliphatic heterocycles. The van der Waals surface area contributed by atoms with E-state index in [0.29, 0.717) is 23.8 Å². The van der Waals surface area contributed by atoms with Crippen LogP contribution < -0.4 is 0 Å². The van der Waals surface area contributed by atoms with Gasteiger partial charge in [-0.05, 0) is 37.2 Å². The van der Waals surface area contributed by atoms with E-state index in [1.165, 1.54) is 12.1 Å². The summed E-state index contributed by atoms with van der Waals surface area (Å²) >= 11 is 0. The number of aliphatic hydroxyl groups excluding tert-OH is 1. The van der Waals surface area contributed by atoms with Gasteiger partial charge in [-0.3, -0.25) is 4.90 Å². The van der Waals surface area contributed by atoms with Crippen molar-refractivity contribution in [2.45, 2.75) is 19.9 Å². The van der Waals surface area contributed by atoms with Crippen LogP contribution in [0.2, 0.25) is 0 Å². The Bertz CT molecular complexity index is 527. The number of aliphatic hydroxyl groups is 1. The van der Waals surface area contributed by atoms with E-state index in [4.69, 9.17) is 9.63 Å². The Morgan fingerprint density at radius 2 is 2.05 bits per heavy atom. The Labute approximate surface area is 117 Å². The van der Waals surface area contributed by atoms with Crippen molar-refractivity contribution < 1.29 is 14.0 Å². The highest BCUT2D eigenvalue weighted by Gasteiger charge is 2.11. The van der Waals surface area contributed by atoms with Gasteiger partial charge in [0, 0.05) is 18.7 Å². The van der Waals surface area contributed by atoms with Crippen LogP contribution in [-0.2, 0) is 6.54 Å². The number of benzene rings is 1. The molecule has 1 aromatic heterocycles. The van der Waals surface area contributed by atoms with Gasteiger partial charge in [0.2, 0.25) is 0 Å². The van der Waals surface area contributed by atoms with Crippen molar-refractivity contribution in [1.29, 1.82) is 0 Å². The minimum Gasteiger partial charge on any atom is -0.396 e. The molecule has 5 nitrogen and oxygen atoms in total. The molecule has 0 spiro atoms. The Morgan fingerprint density at radius 3 is 2.70 bits per heavy atom. The minimum atomic E-state index is -0.297. The van der Waals surface area contributed by atoms with Crippen LogP contribution in [0.25, 0.3) is 11.5 Å². The van der Waals surface area contributed by atoms with Crippen LogP contribution in [-0.4, -0.2) is 39.8 Å². The third-order valence-corrected chi connectivity index (χ3v) is 3.00. The fraction of sp³-hybridized carbons (Fsp3) is 0.429. The lowest BCUT2D eigenvalue weighted by atomic mass is 10.2. The topological polar surface area (TPSA) is 62.4 Å². The molecule has 0 unspecified atom stereocenters. The normalized spacial score (nSPS) is 11.2. The molecule has 0 atom stereocenters. The maximum absolute atomic E-state index is 12.9. The zero-order valence-electron chi connectivity index (χ0n) is 11.4. The second kappa shape index (κ2) is 7.12. The number of halogens is 1. The predicted molar refractivity (Wildman–Crippen MR) is 72.3 cm³/mol. The molecule has 1 N–H and O–H groups in total. The van der Waals surface area contributed by atoms with E-state index in [1.54, 1.807) is 12.1 Å². The maximum Gasteiger partial charge on any atom is 0.257 e. The van der Waals surface area contributed by atoms with Gasteiger partial charge in [0.1, 0.15) is 5.82 Å². The van der Waals surface area contributed by atoms with E-state index in [-0.39, 0.29) is 12.4 Å². The van der Waals surface area contributed by atoms with Crippen molar-refractivity contribution in [2.24, 2.45) is 0 Å². The summed E-state index contributed by atoms with van der Waals surface area (Å²) in [5, 5.41) is 12.8. The summed E-state index contributed by atoms with van der Waals surface area (Å²) in [6.07, 6.45) is 0.719. The van der Waals surface area contributed by atoms with Gasteiger partial charge in [-0.2, -0.15) is 4.98 Å². The van der Waals surface area contributed by atoms with Gasteiger partial charge in [-0.1, -0.05) is 12.1 Å². The lowest BCUT2D eigenvalue weighted by Gasteiger charge is -2.17. The highest BCUT2D eigenvalue weighted by molar-refractivity contribution is 5.52. The third-order valence-electron chi connectivity index (χ3n) is 3.00. The van der Waals surface area contributed by atoms with Crippen molar-refractivity contribution in [2.75, 3.05) is 19.7 Å². The lowest BCUT2D eigenvalue weighted by molar-refractivity contribution is 0.220. The van der Waals surface area contributed by atoms with E-state index in [9.17, 15) is 4.39 Å². The fourth-order valence-electron chi connectivity index (χ4n) is 1.87. The zero-order valence-corrected chi connectivity index (χ0v) is 11.4. The average molecular weight is 279 g/mol. The summed E-state index contributed by atoms with van der Waals surface area (Å²) in [4.78, 5) is 6.42. The van der Waals surface area contributed by atoms with Gasteiger partial charge in [-0.25, -0.2) is 4.39 Å². The zero-order chi connectivity index (χ0) is 14.4. The van der Waals surface area contributed by atoms with Crippen molar-refractivity contribution in [3.63, 3.8) is 0 Å². The second-order valence-electron chi connectivity index (χ2n) is 4.47. The molecule has 0 amide bonds. The maximum atomic E-state index is 12.9. The lowest BCUT2D eigenvalue weighted by Crippen LogP contribution is -2.25. The highest BCUT2D eigenvalue weighted by Crippen LogP contribution is 2.17. The average Bonchev–Trinajstić information content (AvgIpc) is 2.92. The number of aromatic nitrogens is 2. The van der Waals surface area contributed by atoms with Crippen LogP contribution in [0.3, 0.4) is 0 Å². The van der Waals surface area contributed by atoms with Gasteiger partial charge in [-0.15, -0.1) is 0 Å². The number of hydrogen-bond donors (Lipinski definition) is 1. The second-order valence-corrected chi connectivity index (χ2v) is 4.47. The quantitative estimate of drug-likeness (QED) is 0.840. The van der Waals surface area contributed by atoms with E-state index >= 15 is 0 Å². The molecular weight excluding hydrogens is 261 g/mol. The molecule has 0 bridgehead atoms. The molecule has 0 aliphatic carbocycles. The Kier molecular flexibility index (Phi) is 5.20. The first kappa shape index (κ1) is 14.6. The van der Waals surface area contributed by atoms with Crippen LogP contribution in [0.1, 0.15) is 19.2 Å². The summed E-state index contributed by atoms with van der Waals surface area (Å²) in [6.45, 7) is 4.41. The Morgan fingerprint density at radius 1 is 1.30 bits per heavy atom. The predicted octanol–water partition coefficient (Wildman–Crippen LogP) is 2.08. The molecule has 1 aromatic carbocycles. The summed E-state index contributed by atoms with van der Waals surface area (Å²) < 4.78 is 18.0. The Hall–Kier alpha value is -1.79. The summed E-state index contributed by atoms with van der Waals surface area (Å²) in [7, 11) is 0. The van der Waals surface area contributed by atoms with E-state index in [2.05, 4.69) is 15.0 Å². The monoisotopic (exact) mass is 279 g/mol. The molecule has 0 saturated carbocycles. The van der Waals surface area contributed by atoms with Gasteiger partial charge < -0.3 is 9.63 Å². The van der Waals surface area contributed by atoms with Crippen LogP contribution >= 0.6 is 0 Å². The fourth-order valence-corrected chi connectivity index (χ4v) is 1.87. The summed E-state index contributed by atoms with van der Waals surface area (Å²) in [5.41, 5.74) is 0.698. The number of rotatable bonds is 7. The van der Waals surface area contributed by atoms with Crippen molar-refractivity contribution in [1.82, 2.24) is 15.0 Å². The molecule has 1 heterocycles. The molecule has 2 aromatic rings. The first-order valence-electron chi connectivity index (χ1n) is 6.64. The van der Waals surface area contributed by atoms with E-state index in [0.717, 1.165) is 19.5 Å². The molecule has 6 heteroatoms. The van der Waals surface area contributed by atoms with Crippen LogP contribution in [0.4, 0.5) is 4.39 Å². The SMILES string of the molecule is CCN(CCCO)Cc1noc(-c2ccc(F)cc2)n1. The van der Waals surface area contributed by atoms with Crippen LogP contribution in [0, 0.1) is 5.82 Å². The van der Waals surface area contributed by atoms with Crippen LogP contribution in [0.5, 0.6) is 0 Å². The molecular formula is C14H18FN3O2. The van der Waals surface area contributed by atoms with Gasteiger partial charge in [0.25, 0.3) is 5.89 Å². The van der Waals surface area contributed by atoms with Crippen molar-refractivity contribution in [3.05, 3.63) is 35.9 Å². The van der Waals surface area contributed by atoms with Gasteiger partial charge in [0.05, 0.1) is 6.54 Å². The van der Waals surface area contributed by atoms with E-state index < -0.39 is 0 Å². The first-order chi connectivity index (χ1) is 9.72. The highest BCUT2D eigenvalue weighted by atomic mass is 19.1. The van der Waals surface area contributed by atoms with Crippen LogP contribution in [0.15, 0.2) is 28.8 Å². The van der Waals surface area contributed by atoms with Gasteiger partial charge >= 0.3 is 0 Å². The van der Waals surface area contributed by atoms with Crippen molar-refractivity contribution >= 4 is 0 Å². The van der Waals surface area contributed by atoms with Gasteiger partial charge in [0.15, 0.2) is 5.82 Å². The molecule has 2 rings (SSSR count). The molecule has 0 radical (unpaired) electrons. The summed E-state index contributed by atoms with van der Waals surface area (Å²) in [6, 6.07) is 5.93. The number of nitrogens with zero attached hydrogens (tertiary/aromatic N) is 3. The minimum absolute atomic E-state index is 0.170. The Balaban J connectivity index is 2.02. The molecule has 0 saturated heterocycles. The third kappa shape index (κ3) is 3.85. The summed E-state index contributed by atoms with van der Waals surface area (Å²) in [5.74, 6) is 0.678. The molecule has 108 valence electrons. The largest absolute Gasteiger partial charge is 0.396 e. The smallest absolute Gasteiger partial charge is 0.257 e. The molecule has 20 heavy (non-hydrogen) atoms. The standard InChI is InChI=1S/C14H18FN3O2/c1-2-18(8-3-9-19)10-13-16-14(20-17-13)11-4-6-12(15)7-5-11/h4-7,19H,2-3,8-10H2,1H3. The number of hydrogen-bond acceptors (Lipinski definition) is 5. The first-order valence-corrected chi connectivity index (χ1v) is 6.64. The van der Waals surface area contributed by atoms with Crippen molar-refractivity contribution in [3.8, 4) is 11.5 Å². The van der Waals surface area contributed by atoms with E-state index in [1.807, 2.05) is 6.92 Å².